The maximum absolute atomic E-state index is 5.23. The minimum absolute atomic E-state index is 0.327. The predicted molar refractivity (Wildman–Crippen MR) is 79.3 cm³/mol. The van der Waals surface area contributed by atoms with Crippen LogP contribution in [0.3, 0.4) is 0 Å². The molecule has 1 unspecified atom stereocenters. The molecule has 0 amide bonds. The van der Waals surface area contributed by atoms with Crippen molar-refractivity contribution >= 4 is 10.8 Å². The molecule has 0 spiro atoms. The second-order valence-electron chi connectivity index (χ2n) is 4.73. The Labute approximate surface area is 115 Å². The number of pyridine rings is 1. The number of hydrogen-bond acceptors (Lipinski definition) is 3. The Morgan fingerprint density at radius 3 is 3.00 bits per heavy atom. The minimum Gasteiger partial charge on any atom is -0.385 e. The number of aromatic nitrogens is 1. The average Bonchev–Trinajstić information content (AvgIpc) is 2.47. The highest BCUT2D eigenvalue weighted by Crippen LogP contribution is 2.25. The SMILES string of the molecule is CCCNC(CCOC)c1cccc2ccncc12. The fourth-order valence-electron chi connectivity index (χ4n) is 2.36. The van der Waals surface area contributed by atoms with E-state index in [1.807, 2.05) is 12.4 Å². The molecule has 3 heteroatoms. The summed E-state index contributed by atoms with van der Waals surface area (Å²) in [6.07, 6.45) is 5.91. The number of methoxy groups -OCH3 is 1. The molecule has 2 aromatic rings. The summed E-state index contributed by atoms with van der Waals surface area (Å²) in [4.78, 5) is 4.26. The summed E-state index contributed by atoms with van der Waals surface area (Å²) >= 11 is 0. The van der Waals surface area contributed by atoms with Crippen molar-refractivity contribution in [3.05, 3.63) is 42.2 Å². The predicted octanol–water partition coefficient (Wildman–Crippen LogP) is 3.31. The molecule has 1 atom stereocenters. The topological polar surface area (TPSA) is 34.1 Å². The van der Waals surface area contributed by atoms with E-state index in [2.05, 4.69) is 41.5 Å². The lowest BCUT2D eigenvalue weighted by Crippen LogP contribution is -2.23. The van der Waals surface area contributed by atoms with Gasteiger partial charge in [-0.2, -0.15) is 0 Å². The molecule has 1 heterocycles. The van der Waals surface area contributed by atoms with Crippen LogP contribution in [-0.4, -0.2) is 25.2 Å². The van der Waals surface area contributed by atoms with Gasteiger partial charge in [-0.3, -0.25) is 4.98 Å². The lowest BCUT2D eigenvalue weighted by Gasteiger charge is -2.20. The molecule has 0 bridgehead atoms. The first-order chi connectivity index (χ1) is 9.36. The Balaban J connectivity index is 2.31. The number of nitrogens with zero attached hydrogens (tertiary/aromatic N) is 1. The first-order valence-corrected chi connectivity index (χ1v) is 6.91. The van der Waals surface area contributed by atoms with E-state index < -0.39 is 0 Å². The first-order valence-electron chi connectivity index (χ1n) is 6.91. The third-order valence-electron chi connectivity index (χ3n) is 3.34. The van der Waals surface area contributed by atoms with Gasteiger partial charge in [0.2, 0.25) is 0 Å². The van der Waals surface area contributed by atoms with Crippen LogP contribution in [0.5, 0.6) is 0 Å². The van der Waals surface area contributed by atoms with Gasteiger partial charge in [-0.15, -0.1) is 0 Å². The van der Waals surface area contributed by atoms with Crippen LogP contribution in [0.15, 0.2) is 36.7 Å². The fourth-order valence-corrected chi connectivity index (χ4v) is 2.36. The largest absolute Gasteiger partial charge is 0.385 e. The van der Waals surface area contributed by atoms with Crippen molar-refractivity contribution in [2.45, 2.75) is 25.8 Å². The third-order valence-corrected chi connectivity index (χ3v) is 3.34. The molecule has 1 aromatic carbocycles. The van der Waals surface area contributed by atoms with E-state index in [9.17, 15) is 0 Å². The van der Waals surface area contributed by atoms with Crippen molar-refractivity contribution in [1.29, 1.82) is 0 Å². The number of hydrogen-bond donors (Lipinski definition) is 1. The zero-order valence-electron chi connectivity index (χ0n) is 11.7. The summed E-state index contributed by atoms with van der Waals surface area (Å²) in [5.74, 6) is 0. The molecule has 0 fully saturated rings. The van der Waals surface area contributed by atoms with Crippen molar-refractivity contribution < 1.29 is 4.74 Å². The molecule has 0 radical (unpaired) electrons. The van der Waals surface area contributed by atoms with Crippen molar-refractivity contribution in [3.63, 3.8) is 0 Å². The second kappa shape index (κ2) is 7.22. The monoisotopic (exact) mass is 258 g/mol. The third kappa shape index (κ3) is 3.52. The molecule has 0 aliphatic rings. The number of ether oxygens (including phenoxy) is 1. The zero-order chi connectivity index (χ0) is 13.5. The van der Waals surface area contributed by atoms with Crippen LogP contribution in [0.2, 0.25) is 0 Å². The number of fused-ring (bicyclic) bond motifs is 1. The van der Waals surface area contributed by atoms with Crippen molar-refractivity contribution in [2.24, 2.45) is 0 Å². The maximum Gasteiger partial charge on any atom is 0.0480 e. The highest BCUT2D eigenvalue weighted by atomic mass is 16.5. The molecule has 0 saturated carbocycles. The van der Waals surface area contributed by atoms with Gasteiger partial charge in [0, 0.05) is 37.5 Å². The Kier molecular flexibility index (Phi) is 5.31. The zero-order valence-corrected chi connectivity index (χ0v) is 11.7. The number of rotatable bonds is 7. The van der Waals surface area contributed by atoms with Crippen LogP contribution in [0, 0.1) is 0 Å². The van der Waals surface area contributed by atoms with Crippen LogP contribution in [0.25, 0.3) is 10.8 Å². The van der Waals surface area contributed by atoms with Gasteiger partial charge in [-0.05, 0) is 36.4 Å². The van der Waals surface area contributed by atoms with Crippen LogP contribution < -0.4 is 5.32 Å². The van der Waals surface area contributed by atoms with E-state index in [0.717, 1.165) is 26.0 Å². The highest BCUT2D eigenvalue weighted by Gasteiger charge is 2.13. The van der Waals surface area contributed by atoms with E-state index in [1.54, 1.807) is 7.11 Å². The lowest BCUT2D eigenvalue weighted by atomic mass is 9.98. The number of nitrogens with one attached hydrogen (secondary N) is 1. The summed E-state index contributed by atoms with van der Waals surface area (Å²) in [5.41, 5.74) is 1.32. The van der Waals surface area contributed by atoms with Gasteiger partial charge < -0.3 is 10.1 Å². The van der Waals surface area contributed by atoms with Gasteiger partial charge in [0.05, 0.1) is 0 Å². The van der Waals surface area contributed by atoms with Crippen LogP contribution in [0.1, 0.15) is 31.4 Å². The van der Waals surface area contributed by atoms with Crippen LogP contribution in [0.4, 0.5) is 0 Å². The van der Waals surface area contributed by atoms with E-state index >= 15 is 0 Å². The molecule has 0 aliphatic heterocycles. The molecule has 0 saturated heterocycles. The Bertz CT molecular complexity index is 500. The summed E-state index contributed by atoms with van der Waals surface area (Å²) in [6.45, 7) is 3.97. The van der Waals surface area contributed by atoms with E-state index in [-0.39, 0.29) is 0 Å². The van der Waals surface area contributed by atoms with E-state index in [4.69, 9.17) is 4.74 Å². The molecule has 19 heavy (non-hydrogen) atoms. The molecular weight excluding hydrogens is 236 g/mol. The van der Waals surface area contributed by atoms with Crippen molar-refractivity contribution in [1.82, 2.24) is 10.3 Å². The van der Waals surface area contributed by atoms with E-state index in [0.29, 0.717) is 6.04 Å². The summed E-state index contributed by atoms with van der Waals surface area (Å²) in [6, 6.07) is 8.82. The Hall–Kier alpha value is -1.45. The Morgan fingerprint density at radius 1 is 1.32 bits per heavy atom. The van der Waals surface area contributed by atoms with Gasteiger partial charge in [-0.25, -0.2) is 0 Å². The molecule has 2 rings (SSSR count). The van der Waals surface area contributed by atoms with Crippen LogP contribution >= 0.6 is 0 Å². The molecule has 102 valence electrons. The van der Waals surface area contributed by atoms with Gasteiger partial charge in [0.1, 0.15) is 0 Å². The lowest BCUT2D eigenvalue weighted by molar-refractivity contribution is 0.183. The van der Waals surface area contributed by atoms with Crippen LogP contribution in [-0.2, 0) is 4.74 Å². The maximum atomic E-state index is 5.23. The Morgan fingerprint density at radius 2 is 2.21 bits per heavy atom. The smallest absolute Gasteiger partial charge is 0.0480 e. The summed E-state index contributed by atoms with van der Waals surface area (Å²) < 4.78 is 5.23. The highest BCUT2D eigenvalue weighted by molar-refractivity contribution is 5.85. The quantitative estimate of drug-likeness (QED) is 0.827. The van der Waals surface area contributed by atoms with Crippen molar-refractivity contribution in [2.75, 3.05) is 20.3 Å². The number of benzene rings is 1. The molecule has 1 aromatic heterocycles. The molecule has 1 N–H and O–H groups in total. The molecule has 3 nitrogen and oxygen atoms in total. The fraction of sp³-hybridized carbons (Fsp3) is 0.438. The second-order valence-corrected chi connectivity index (χ2v) is 4.73. The summed E-state index contributed by atoms with van der Waals surface area (Å²) in [5, 5.41) is 6.08. The standard InChI is InChI=1S/C16H22N2O/c1-3-9-18-16(8-11-19-2)14-6-4-5-13-7-10-17-12-15(13)14/h4-7,10,12,16,18H,3,8-9,11H2,1-2H3. The minimum atomic E-state index is 0.327. The van der Waals surface area contributed by atoms with Crippen molar-refractivity contribution in [3.8, 4) is 0 Å². The van der Waals surface area contributed by atoms with Gasteiger partial charge >= 0.3 is 0 Å². The van der Waals surface area contributed by atoms with E-state index in [1.165, 1.54) is 16.3 Å². The summed E-state index contributed by atoms with van der Waals surface area (Å²) in [7, 11) is 1.75. The van der Waals surface area contributed by atoms with Gasteiger partial charge in [0.25, 0.3) is 0 Å². The molecule has 0 aliphatic carbocycles. The molecular formula is C16H22N2O. The van der Waals surface area contributed by atoms with Gasteiger partial charge in [-0.1, -0.05) is 25.1 Å². The first kappa shape index (κ1) is 14.0. The normalized spacial score (nSPS) is 12.7. The van der Waals surface area contributed by atoms with Gasteiger partial charge in [0.15, 0.2) is 0 Å². The average molecular weight is 258 g/mol.